The first-order valence-electron chi connectivity index (χ1n) is 8.88. The Hall–Kier alpha value is -2.95. The number of amides is 2. The summed E-state index contributed by atoms with van der Waals surface area (Å²) < 4.78 is 0. The molecular formula is C22H26N2O3. The van der Waals surface area contributed by atoms with Gasteiger partial charge in [-0.3, -0.25) is 14.4 Å². The van der Waals surface area contributed by atoms with Gasteiger partial charge in [0.05, 0.1) is 0 Å². The lowest BCUT2D eigenvalue weighted by Crippen LogP contribution is -2.37. The van der Waals surface area contributed by atoms with Crippen LogP contribution in [-0.4, -0.2) is 24.1 Å². The second kappa shape index (κ2) is 8.16. The SMILES string of the molecule is CC(=O)c1ccc(N(CC(=O)Nc2ccccc2C(C)(C)C)C(C)=O)cc1. The van der Waals surface area contributed by atoms with E-state index in [1.165, 1.54) is 18.7 Å². The van der Waals surface area contributed by atoms with Gasteiger partial charge in [-0.2, -0.15) is 0 Å². The maximum absolute atomic E-state index is 12.6. The molecule has 1 N–H and O–H groups in total. The average molecular weight is 366 g/mol. The lowest BCUT2D eigenvalue weighted by molar-refractivity contribution is -0.120. The Bertz CT molecular complexity index is 849. The lowest BCUT2D eigenvalue weighted by atomic mass is 9.86. The molecule has 2 aromatic carbocycles. The van der Waals surface area contributed by atoms with E-state index in [0.29, 0.717) is 11.3 Å². The van der Waals surface area contributed by atoms with Crippen molar-refractivity contribution in [2.75, 3.05) is 16.8 Å². The molecule has 0 saturated carbocycles. The van der Waals surface area contributed by atoms with Gasteiger partial charge in [-0.05, 0) is 48.2 Å². The standard InChI is InChI=1S/C22H26N2O3/c1-15(25)17-10-12-18(13-11-17)24(16(2)26)14-21(27)23-20-9-7-6-8-19(20)22(3,4)5/h6-13H,14H2,1-5H3,(H,23,27). The van der Waals surface area contributed by atoms with Crippen LogP contribution in [0.5, 0.6) is 0 Å². The van der Waals surface area contributed by atoms with E-state index in [0.717, 1.165) is 11.3 Å². The number of ketones is 1. The molecule has 0 bridgehead atoms. The number of rotatable bonds is 5. The minimum Gasteiger partial charge on any atom is -0.324 e. The van der Waals surface area contributed by atoms with Crippen molar-refractivity contribution < 1.29 is 14.4 Å². The smallest absolute Gasteiger partial charge is 0.244 e. The second-order valence-electron chi connectivity index (χ2n) is 7.55. The molecule has 0 fully saturated rings. The quantitative estimate of drug-likeness (QED) is 0.807. The normalized spacial score (nSPS) is 11.0. The molecule has 0 aliphatic heterocycles. The van der Waals surface area contributed by atoms with E-state index < -0.39 is 0 Å². The van der Waals surface area contributed by atoms with Crippen LogP contribution in [0.15, 0.2) is 48.5 Å². The average Bonchev–Trinajstić information content (AvgIpc) is 2.59. The third-order valence-corrected chi connectivity index (χ3v) is 4.28. The van der Waals surface area contributed by atoms with E-state index in [-0.39, 0.29) is 29.6 Å². The number of benzene rings is 2. The van der Waals surface area contributed by atoms with E-state index >= 15 is 0 Å². The Morgan fingerprint density at radius 2 is 1.52 bits per heavy atom. The number of Topliss-reactive ketones (excluding diaryl/α,β-unsaturated/α-hetero) is 1. The summed E-state index contributed by atoms with van der Waals surface area (Å²) >= 11 is 0. The van der Waals surface area contributed by atoms with E-state index in [1.807, 2.05) is 24.3 Å². The Labute approximate surface area is 160 Å². The van der Waals surface area contributed by atoms with Crippen LogP contribution in [0.4, 0.5) is 11.4 Å². The number of nitrogens with zero attached hydrogens (tertiary/aromatic N) is 1. The zero-order chi connectivity index (χ0) is 20.2. The number of para-hydroxylation sites is 1. The van der Waals surface area contributed by atoms with Crippen molar-refractivity contribution in [3.05, 3.63) is 59.7 Å². The molecule has 0 aromatic heterocycles. The van der Waals surface area contributed by atoms with Crippen molar-refractivity contribution in [2.24, 2.45) is 0 Å². The van der Waals surface area contributed by atoms with Crippen LogP contribution in [0.1, 0.15) is 50.5 Å². The molecule has 0 aliphatic carbocycles. The summed E-state index contributed by atoms with van der Waals surface area (Å²) in [6.07, 6.45) is 0. The van der Waals surface area contributed by atoms with Gasteiger partial charge >= 0.3 is 0 Å². The monoisotopic (exact) mass is 366 g/mol. The van der Waals surface area contributed by atoms with Gasteiger partial charge in [0.25, 0.3) is 0 Å². The fourth-order valence-corrected chi connectivity index (χ4v) is 2.84. The molecule has 0 saturated heterocycles. The highest BCUT2D eigenvalue weighted by Crippen LogP contribution is 2.29. The first kappa shape index (κ1) is 20.4. The van der Waals surface area contributed by atoms with Gasteiger partial charge in [-0.25, -0.2) is 0 Å². The van der Waals surface area contributed by atoms with Crippen LogP contribution in [0, 0.1) is 0 Å². The Balaban J connectivity index is 2.19. The first-order valence-corrected chi connectivity index (χ1v) is 8.88. The molecule has 5 heteroatoms. The third-order valence-electron chi connectivity index (χ3n) is 4.28. The molecule has 27 heavy (non-hydrogen) atoms. The number of anilines is 2. The molecule has 0 atom stereocenters. The van der Waals surface area contributed by atoms with Gasteiger partial charge in [0, 0.05) is 23.9 Å². The molecular weight excluding hydrogens is 340 g/mol. The van der Waals surface area contributed by atoms with E-state index in [1.54, 1.807) is 24.3 Å². The minimum absolute atomic E-state index is 0.0487. The van der Waals surface area contributed by atoms with E-state index in [9.17, 15) is 14.4 Å². The maximum atomic E-state index is 12.6. The summed E-state index contributed by atoms with van der Waals surface area (Å²) in [6.45, 7) is 9.03. The molecule has 0 unspecified atom stereocenters. The predicted molar refractivity (Wildman–Crippen MR) is 108 cm³/mol. The highest BCUT2D eigenvalue weighted by atomic mass is 16.2. The van der Waals surface area contributed by atoms with Crippen molar-refractivity contribution >= 4 is 29.0 Å². The second-order valence-corrected chi connectivity index (χ2v) is 7.55. The minimum atomic E-state index is -0.280. The molecule has 5 nitrogen and oxygen atoms in total. The Morgan fingerprint density at radius 3 is 2.04 bits per heavy atom. The van der Waals surface area contributed by atoms with Crippen LogP contribution in [0.25, 0.3) is 0 Å². The zero-order valence-electron chi connectivity index (χ0n) is 16.5. The van der Waals surface area contributed by atoms with Gasteiger partial charge in [-0.15, -0.1) is 0 Å². The summed E-state index contributed by atoms with van der Waals surface area (Å²) in [5.41, 5.74) is 2.79. The van der Waals surface area contributed by atoms with E-state index in [2.05, 4.69) is 26.1 Å². The highest BCUT2D eigenvalue weighted by Gasteiger charge is 2.20. The van der Waals surface area contributed by atoms with Crippen molar-refractivity contribution in [2.45, 2.75) is 40.0 Å². The first-order chi connectivity index (χ1) is 12.6. The van der Waals surface area contributed by atoms with Crippen LogP contribution in [-0.2, 0) is 15.0 Å². The van der Waals surface area contributed by atoms with Crippen LogP contribution < -0.4 is 10.2 Å². The van der Waals surface area contributed by atoms with Gasteiger partial charge in [-0.1, -0.05) is 39.0 Å². The molecule has 0 spiro atoms. The zero-order valence-corrected chi connectivity index (χ0v) is 16.5. The number of nitrogens with one attached hydrogen (secondary N) is 1. The van der Waals surface area contributed by atoms with Crippen molar-refractivity contribution in [1.82, 2.24) is 0 Å². The summed E-state index contributed by atoms with van der Waals surface area (Å²) in [4.78, 5) is 37.4. The molecule has 0 aliphatic rings. The third kappa shape index (κ3) is 5.26. The molecule has 0 radical (unpaired) electrons. The number of hydrogen-bond acceptors (Lipinski definition) is 3. The predicted octanol–water partition coefficient (Wildman–Crippen LogP) is 4.18. The number of hydrogen-bond donors (Lipinski definition) is 1. The fourth-order valence-electron chi connectivity index (χ4n) is 2.84. The highest BCUT2D eigenvalue weighted by molar-refractivity contribution is 6.02. The van der Waals surface area contributed by atoms with Crippen molar-refractivity contribution in [3.63, 3.8) is 0 Å². The van der Waals surface area contributed by atoms with Gasteiger partial charge < -0.3 is 10.2 Å². The Morgan fingerprint density at radius 1 is 0.926 bits per heavy atom. The summed E-state index contributed by atoms with van der Waals surface area (Å²) in [6, 6.07) is 14.3. The van der Waals surface area contributed by atoms with Crippen molar-refractivity contribution in [1.29, 1.82) is 0 Å². The fraction of sp³-hybridized carbons (Fsp3) is 0.318. The van der Waals surface area contributed by atoms with Gasteiger partial charge in [0.1, 0.15) is 6.54 Å². The van der Waals surface area contributed by atoms with Crippen molar-refractivity contribution in [3.8, 4) is 0 Å². The number of carbonyl (C=O) groups is 3. The molecule has 2 amide bonds. The summed E-state index contributed by atoms with van der Waals surface area (Å²) in [5.74, 6) is -0.574. The van der Waals surface area contributed by atoms with Crippen LogP contribution in [0.3, 0.4) is 0 Å². The number of carbonyl (C=O) groups excluding carboxylic acids is 3. The molecule has 0 heterocycles. The Kier molecular flexibility index (Phi) is 6.16. The van der Waals surface area contributed by atoms with E-state index in [4.69, 9.17) is 0 Å². The molecule has 142 valence electrons. The van der Waals surface area contributed by atoms with Gasteiger partial charge in [0.2, 0.25) is 11.8 Å². The molecule has 2 rings (SSSR count). The van der Waals surface area contributed by atoms with Crippen LogP contribution >= 0.6 is 0 Å². The molecule has 2 aromatic rings. The van der Waals surface area contributed by atoms with Crippen LogP contribution in [0.2, 0.25) is 0 Å². The summed E-state index contributed by atoms with van der Waals surface area (Å²) in [7, 11) is 0. The topological polar surface area (TPSA) is 66.5 Å². The lowest BCUT2D eigenvalue weighted by Gasteiger charge is -2.24. The summed E-state index contributed by atoms with van der Waals surface area (Å²) in [5, 5.41) is 2.91. The largest absolute Gasteiger partial charge is 0.324 e. The van der Waals surface area contributed by atoms with Gasteiger partial charge in [0.15, 0.2) is 5.78 Å². The maximum Gasteiger partial charge on any atom is 0.244 e.